The number of halogens is 1. The second kappa shape index (κ2) is 9.31. The zero-order valence-corrected chi connectivity index (χ0v) is 14.6. The van der Waals surface area contributed by atoms with Crippen LogP contribution in [0, 0.1) is 5.82 Å². The Bertz CT molecular complexity index is 698. The monoisotopic (exact) mass is 358 g/mol. The van der Waals surface area contributed by atoms with Gasteiger partial charge in [-0.1, -0.05) is 0 Å². The predicted octanol–water partition coefficient (Wildman–Crippen LogP) is 3.07. The third-order valence-corrected chi connectivity index (χ3v) is 4.21. The van der Waals surface area contributed by atoms with Gasteiger partial charge >= 0.3 is 0 Å². The molecule has 0 aliphatic carbocycles. The third-order valence-electron chi connectivity index (χ3n) is 4.21. The number of hydrogen-bond acceptors (Lipinski definition) is 4. The molecular weight excluding hydrogens is 335 g/mol. The lowest BCUT2D eigenvalue weighted by Gasteiger charge is -2.26. The first-order valence-corrected chi connectivity index (χ1v) is 8.82. The zero-order chi connectivity index (χ0) is 18.2. The molecule has 1 N–H and O–H groups in total. The number of nitrogens with one attached hydrogen (secondary N) is 1. The van der Waals surface area contributed by atoms with Gasteiger partial charge in [0.05, 0.1) is 13.2 Å². The summed E-state index contributed by atoms with van der Waals surface area (Å²) in [5, 5.41) is 2.93. The van der Waals surface area contributed by atoms with E-state index in [-0.39, 0.29) is 11.7 Å². The highest BCUT2D eigenvalue weighted by Crippen LogP contribution is 2.21. The zero-order valence-electron chi connectivity index (χ0n) is 14.6. The van der Waals surface area contributed by atoms with Crippen molar-refractivity contribution >= 4 is 5.91 Å². The molecule has 1 saturated heterocycles. The largest absolute Gasteiger partial charge is 0.457 e. The molecular formula is C20H23FN2O3. The molecule has 1 aliphatic rings. The van der Waals surface area contributed by atoms with Crippen LogP contribution in [0.5, 0.6) is 11.5 Å². The van der Waals surface area contributed by atoms with Crippen LogP contribution >= 0.6 is 0 Å². The molecule has 0 saturated carbocycles. The minimum absolute atomic E-state index is 0.0969. The van der Waals surface area contributed by atoms with Crippen molar-refractivity contribution in [1.82, 2.24) is 10.2 Å². The fourth-order valence-electron chi connectivity index (χ4n) is 2.74. The van der Waals surface area contributed by atoms with Crippen LogP contribution in [0.3, 0.4) is 0 Å². The third kappa shape index (κ3) is 5.54. The second-order valence-corrected chi connectivity index (χ2v) is 6.14. The molecule has 26 heavy (non-hydrogen) atoms. The average Bonchev–Trinajstić information content (AvgIpc) is 2.68. The summed E-state index contributed by atoms with van der Waals surface area (Å²) in [7, 11) is 0. The van der Waals surface area contributed by atoms with E-state index in [1.54, 1.807) is 36.4 Å². The fourth-order valence-corrected chi connectivity index (χ4v) is 2.74. The van der Waals surface area contributed by atoms with E-state index in [0.29, 0.717) is 23.6 Å². The highest BCUT2D eigenvalue weighted by molar-refractivity contribution is 5.94. The number of carbonyl (C=O) groups is 1. The van der Waals surface area contributed by atoms with Gasteiger partial charge in [0.25, 0.3) is 5.91 Å². The average molecular weight is 358 g/mol. The predicted molar refractivity (Wildman–Crippen MR) is 97.1 cm³/mol. The molecule has 0 spiro atoms. The molecule has 2 aromatic rings. The van der Waals surface area contributed by atoms with Gasteiger partial charge in [0.1, 0.15) is 17.3 Å². The van der Waals surface area contributed by atoms with Crippen LogP contribution in [0.4, 0.5) is 4.39 Å². The van der Waals surface area contributed by atoms with Crippen LogP contribution < -0.4 is 10.1 Å². The van der Waals surface area contributed by atoms with Gasteiger partial charge in [0.15, 0.2) is 0 Å². The van der Waals surface area contributed by atoms with Gasteiger partial charge in [-0.3, -0.25) is 9.69 Å². The SMILES string of the molecule is O=C(NCCCN1CCOCC1)c1ccc(Oc2ccc(F)cc2)cc1. The summed E-state index contributed by atoms with van der Waals surface area (Å²) in [6, 6.07) is 12.7. The van der Waals surface area contributed by atoms with Crippen molar-refractivity contribution in [2.75, 3.05) is 39.4 Å². The van der Waals surface area contributed by atoms with E-state index in [1.165, 1.54) is 12.1 Å². The Morgan fingerprint density at radius 1 is 1.04 bits per heavy atom. The van der Waals surface area contributed by atoms with Gasteiger partial charge < -0.3 is 14.8 Å². The summed E-state index contributed by atoms with van der Waals surface area (Å²) in [6.45, 7) is 5.11. The van der Waals surface area contributed by atoms with Crippen molar-refractivity contribution in [3.8, 4) is 11.5 Å². The van der Waals surface area contributed by atoms with Gasteiger partial charge in [0, 0.05) is 25.2 Å². The van der Waals surface area contributed by atoms with Crippen LogP contribution in [0.25, 0.3) is 0 Å². The number of benzene rings is 2. The summed E-state index contributed by atoms with van der Waals surface area (Å²) in [6.07, 6.45) is 0.914. The molecule has 0 atom stereocenters. The normalized spacial score (nSPS) is 14.8. The quantitative estimate of drug-likeness (QED) is 0.773. The van der Waals surface area contributed by atoms with Gasteiger partial charge in [-0.05, 0) is 61.5 Å². The molecule has 0 aromatic heterocycles. The van der Waals surface area contributed by atoms with Crippen molar-refractivity contribution in [2.24, 2.45) is 0 Å². The number of morpholine rings is 1. The fraction of sp³-hybridized carbons (Fsp3) is 0.350. The molecule has 6 heteroatoms. The topological polar surface area (TPSA) is 50.8 Å². The lowest BCUT2D eigenvalue weighted by molar-refractivity contribution is 0.0374. The first-order chi connectivity index (χ1) is 12.7. The first-order valence-electron chi connectivity index (χ1n) is 8.82. The maximum Gasteiger partial charge on any atom is 0.251 e. The van der Waals surface area contributed by atoms with E-state index in [0.717, 1.165) is 39.3 Å². The summed E-state index contributed by atoms with van der Waals surface area (Å²) in [4.78, 5) is 14.5. The lowest BCUT2D eigenvalue weighted by Crippen LogP contribution is -2.38. The minimum Gasteiger partial charge on any atom is -0.457 e. The first kappa shape index (κ1) is 18.4. The number of nitrogens with zero attached hydrogens (tertiary/aromatic N) is 1. The molecule has 0 unspecified atom stereocenters. The molecule has 5 nitrogen and oxygen atoms in total. The molecule has 1 aliphatic heterocycles. The molecule has 1 amide bonds. The standard InChI is InChI=1S/C20H23FN2O3/c21-17-4-8-19(9-5-17)26-18-6-2-16(3-7-18)20(24)22-10-1-11-23-12-14-25-15-13-23/h2-9H,1,10-15H2,(H,22,24). The van der Waals surface area contributed by atoms with Crippen molar-refractivity contribution in [1.29, 1.82) is 0 Å². The van der Waals surface area contributed by atoms with Gasteiger partial charge in [0.2, 0.25) is 0 Å². The van der Waals surface area contributed by atoms with Crippen molar-refractivity contribution in [3.63, 3.8) is 0 Å². The van der Waals surface area contributed by atoms with Crippen molar-refractivity contribution in [2.45, 2.75) is 6.42 Å². The van der Waals surface area contributed by atoms with E-state index in [9.17, 15) is 9.18 Å². The molecule has 0 bridgehead atoms. The molecule has 3 rings (SSSR count). The molecule has 138 valence electrons. The maximum atomic E-state index is 12.9. The van der Waals surface area contributed by atoms with E-state index in [1.807, 2.05) is 0 Å². The number of ether oxygens (including phenoxy) is 2. The Labute approximate surface area is 152 Å². The Morgan fingerprint density at radius 2 is 1.65 bits per heavy atom. The van der Waals surface area contributed by atoms with Crippen LogP contribution in [-0.4, -0.2) is 50.2 Å². The Hall–Kier alpha value is -2.44. The maximum absolute atomic E-state index is 12.9. The summed E-state index contributed by atoms with van der Waals surface area (Å²) in [5.74, 6) is 0.741. The van der Waals surface area contributed by atoms with Crippen LogP contribution in [-0.2, 0) is 4.74 Å². The van der Waals surface area contributed by atoms with Crippen molar-refractivity contribution in [3.05, 3.63) is 59.9 Å². The molecule has 1 fully saturated rings. The number of amides is 1. The number of hydrogen-bond donors (Lipinski definition) is 1. The van der Waals surface area contributed by atoms with Crippen LogP contribution in [0.15, 0.2) is 48.5 Å². The van der Waals surface area contributed by atoms with Crippen LogP contribution in [0.1, 0.15) is 16.8 Å². The molecule has 2 aromatic carbocycles. The number of carbonyl (C=O) groups excluding carboxylic acids is 1. The Morgan fingerprint density at radius 3 is 2.31 bits per heavy atom. The van der Waals surface area contributed by atoms with E-state index in [2.05, 4.69) is 10.2 Å². The molecule has 0 radical (unpaired) electrons. The number of rotatable bonds is 7. The van der Waals surface area contributed by atoms with Crippen LogP contribution in [0.2, 0.25) is 0 Å². The summed E-state index contributed by atoms with van der Waals surface area (Å²) >= 11 is 0. The van der Waals surface area contributed by atoms with E-state index in [4.69, 9.17) is 9.47 Å². The van der Waals surface area contributed by atoms with E-state index >= 15 is 0 Å². The van der Waals surface area contributed by atoms with Gasteiger partial charge in [-0.2, -0.15) is 0 Å². The minimum atomic E-state index is -0.307. The summed E-state index contributed by atoms with van der Waals surface area (Å²) < 4.78 is 23.8. The van der Waals surface area contributed by atoms with Crippen molar-refractivity contribution < 1.29 is 18.7 Å². The second-order valence-electron chi connectivity index (χ2n) is 6.14. The smallest absolute Gasteiger partial charge is 0.251 e. The highest BCUT2D eigenvalue weighted by atomic mass is 19.1. The highest BCUT2D eigenvalue weighted by Gasteiger charge is 2.10. The lowest BCUT2D eigenvalue weighted by atomic mass is 10.2. The van der Waals surface area contributed by atoms with E-state index < -0.39 is 0 Å². The van der Waals surface area contributed by atoms with Gasteiger partial charge in [-0.25, -0.2) is 4.39 Å². The molecule has 1 heterocycles. The van der Waals surface area contributed by atoms with Gasteiger partial charge in [-0.15, -0.1) is 0 Å². The summed E-state index contributed by atoms with van der Waals surface area (Å²) in [5.41, 5.74) is 0.586. The Balaban J connectivity index is 1.42. The Kier molecular flexibility index (Phi) is 6.57.